The summed E-state index contributed by atoms with van der Waals surface area (Å²) < 4.78 is 8.43. The summed E-state index contributed by atoms with van der Waals surface area (Å²) in [5.41, 5.74) is 1.38. The normalized spacial score (nSPS) is 24.2. The lowest BCUT2D eigenvalue weighted by Gasteiger charge is -2.46. The Morgan fingerprint density at radius 3 is 2.75 bits per heavy atom. The predicted octanol–water partition coefficient (Wildman–Crippen LogP) is 2.26. The zero-order valence-corrected chi connectivity index (χ0v) is 15.3. The second kappa shape index (κ2) is 7.28. The predicted molar refractivity (Wildman–Crippen MR) is 94.6 cm³/mol. The number of carbonyl (C=O) groups excluding carboxylic acids is 1. The molecule has 0 aliphatic carbocycles. The van der Waals surface area contributed by atoms with Crippen molar-refractivity contribution in [3.63, 3.8) is 0 Å². The van der Waals surface area contributed by atoms with Gasteiger partial charge in [0.15, 0.2) is 0 Å². The van der Waals surface area contributed by atoms with Crippen molar-refractivity contribution < 1.29 is 9.53 Å². The van der Waals surface area contributed by atoms with E-state index in [0.717, 1.165) is 51.9 Å². The summed E-state index contributed by atoms with van der Waals surface area (Å²) in [4.78, 5) is 16.3. The van der Waals surface area contributed by atoms with E-state index in [4.69, 9.17) is 4.74 Å². The molecule has 2 saturated heterocycles. The number of amides is 1. The van der Waals surface area contributed by atoms with Gasteiger partial charge in [-0.25, -0.2) is 0 Å². The van der Waals surface area contributed by atoms with E-state index in [1.807, 2.05) is 14.1 Å². The van der Waals surface area contributed by atoms with Gasteiger partial charge in [-0.1, -0.05) is 0 Å². The van der Waals surface area contributed by atoms with Crippen molar-refractivity contribution in [3.8, 4) is 0 Å². The number of hydrogen-bond acceptors (Lipinski definition) is 3. The summed E-state index contributed by atoms with van der Waals surface area (Å²) in [6.07, 6.45) is 7.02. The van der Waals surface area contributed by atoms with E-state index in [1.165, 1.54) is 5.69 Å². The molecule has 134 valence electrons. The van der Waals surface area contributed by atoms with Crippen LogP contribution in [0.15, 0.2) is 18.3 Å². The Morgan fingerprint density at radius 1 is 1.38 bits per heavy atom. The number of hydrogen-bond donors (Lipinski definition) is 0. The number of nitrogens with zero attached hydrogens (tertiary/aromatic N) is 3. The minimum atomic E-state index is 0.0141. The van der Waals surface area contributed by atoms with Crippen molar-refractivity contribution in [2.75, 3.05) is 33.8 Å². The summed E-state index contributed by atoms with van der Waals surface area (Å²) in [5, 5.41) is 0. The van der Waals surface area contributed by atoms with Gasteiger partial charge in [-0.05, 0) is 43.7 Å². The molecule has 5 heteroatoms. The average molecular weight is 333 g/mol. The first-order chi connectivity index (χ1) is 11.5. The molecule has 1 aromatic heterocycles. The first-order valence-corrected chi connectivity index (χ1v) is 9.14. The molecule has 0 radical (unpaired) electrons. The highest BCUT2D eigenvalue weighted by Crippen LogP contribution is 2.39. The van der Waals surface area contributed by atoms with Gasteiger partial charge in [0.05, 0.1) is 5.60 Å². The Morgan fingerprint density at radius 2 is 2.12 bits per heavy atom. The molecule has 3 rings (SSSR count). The van der Waals surface area contributed by atoms with Crippen LogP contribution in [0.2, 0.25) is 0 Å². The maximum Gasteiger partial charge on any atom is 0.222 e. The van der Waals surface area contributed by atoms with Gasteiger partial charge in [-0.2, -0.15) is 0 Å². The maximum absolute atomic E-state index is 12.0. The quantitative estimate of drug-likeness (QED) is 0.848. The van der Waals surface area contributed by atoms with Gasteiger partial charge in [0, 0.05) is 65.7 Å². The number of rotatable bonds is 4. The lowest BCUT2D eigenvalue weighted by molar-refractivity contribution is -0.140. The minimum Gasteiger partial charge on any atom is -0.375 e. The molecule has 2 aliphatic rings. The van der Waals surface area contributed by atoms with Gasteiger partial charge >= 0.3 is 0 Å². The van der Waals surface area contributed by atoms with Gasteiger partial charge in [0.2, 0.25) is 5.91 Å². The fourth-order valence-corrected chi connectivity index (χ4v) is 4.09. The Kier molecular flexibility index (Phi) is 5.30. The number of aryl methyl sites for hydroxylation is 1. The highest BCUT2D eigenvalue weighted by Gasteiger charge is 2.40. The van der Waals surface area contributed by atoms with Crippen LogP contribution >= 0.6 is 0 Å². The van der Waals surface area contributed by atoms with E-state index in [1.54, 1.807) is 4.90 Å². The van der Waals surface area contributed by atoms with Crippen molar-refractivity contribution in [1.82, 2.24) is 14.4 Å². The van der Waals surface area contributed by atoms with Gasteiger partial charge in [0.1, 0.15) is 0 Å². The number of ether oxygens (including phenoxy) is 1. The first kappa shape index (κ1) is 17.5. The number of aromatic nitrogens is 1. The van der Waals surface area contributed by atoms with Crippen LogP contribution in [0, 0.1) is 5.92 Å². The van der Waals surface area contributed by atoms with E-state index in [2.05, 4.69) is 34.8 Å². The topological polar surface area (TPSA) is 37.7 Å². The monoisotopic (exact) mass is 333 g/mol. The van der Waals surface area contributed by atoms with E-state index in [0.29, 0.717) is 12.3 Å². The van der Waals surface area contributed by atoms with Crippen LogP contribution in [0.4, 0.5) is 0 Å². The molecule has 0 aromatic carbocycles. The smallest absolute Gasteiger partial charge is 0.222 e. The molecule has 0 saturated carbocycles. The summed E-state index contributed by atoms with van der Waals surface area (Å²) in [7, 11) is 5.80. The van der Waals surface area contributed by atoms with Crippen LogP contribution in [-0.2, 0) is 23.1 Å². The van der Waals surface area contributed by atoms with E-state index < -0.39 is 0 Å². The summed E-state index contributed by atoms with van der Waals surface area (Å²) >= 11 is 0. The van der Waals surface area contributed by atoms with Crippen molar-refractivity contribution in [2.45, 2.75) is 44.2 Å². The Balaban J connectivity index is 1.52. The second-order valence-corrected chi connectivity index (χ2v) is 7.77. The third-order valence-electron chi connectivity index (χ3n) is 5.76. The van der Waals surface area contributed by atoms with Gasteiger partial charge in [-0.3, -0.25) is 9.69 Å². The largest absolute Gasteiger partial charge is 0.375 e. The van der Waals surface area contributed by atoms with E-state index >= 15 is 0 Å². The molecule has 0 bridgehead atoms. The molecular weight excluding hydrogens is 302 g/mol. The Bertz CT molecular complexity index is 559. The third-order valence-corrected chi connectivity index (χ3v) is 5.76. The molecule has 24 heavy (non-hydrogen) atoms. The molecule has 1 spiro atoms. The van der Waals surface area contributed by atoms with Gasteiger partial charge in [0.25, 0.3) is 0 Å². The third kappa shape index (κ3) is 4.01. The molecule has 2 aliphatic heterocycles. The van der Waals surface area contributed by atoms with Crippen molar-refractivity contribution in [2.24, 2.45) is 13.0 Å². The van der Waals surface area contributed by atoms with Crippen LogP contribution in [0.5, 0.6) is 0 Å². The lowest BCUT2D eigenvalue weighted by atomic mass is 9.78. The fourth-order valence-electron chi connectivity index (χ4n) is 4.09. The van der Waals surface area contributed by atoms with E-state index in [9.17, 15) is 4.79 Å². The number of carbonyl (C=O) groups is 1. The molecule has 1 unspecified atom stereocenters. The Hall–Kier alpha value is -1.33. The molecule has 1 amide bonds. The highest BCUT2D eigenvalue weighted by atomic mass is 16.5. The van der Waals surface area contributed by atoms with Crippen molar-refractivity contribution in [3.05, 3.63) is 24.0 Å². The van der Waals surface area contributed by atoms with Crippen molar-refractivity contribution in [1.29, 1.82) is 0 Å². The average Bonchev–Trinajstić information content (AvgIpc) is 2.95. The molecule has 3 heterocycles. The standard InChI is InChI=1S/C19H31N3O2/c1-20(2)18(23)13-16-6-12-24-19(14-16)7-10-22(11-8-19)15-17-5-4-9-21(17)3/h4-5,9,16H,6-8,10-15H2,1-3H3. The summed E-state index contributed by atoms with van der Waals surface area (Å²) in [5.74, 6) is 0.728. The highest BCUT2D eigenvalue weighted by molar-refractivity contribution is 5.75. The molecule has 0 N–H and O–H groups in total. The molecule has 1 aromatic rings. The summed E-state index contributed by atoms with van der Waals surface area (Å²) in [6.45, 7) is 3.99. The molecule has 1 atom stereocenters. The van der Waals surface area contributed by atoms with Crippen LogP contribution in [0.25, 0.3) is 0 Å². The lowest BCUT2D eigenvalue weighted by Crippen LogP contribution is -2.49. The van der Waals surface area contributed by atoms with Crippen LogP contribution < -0.4 is 0 Å². The first-order valence-electron chi connectivity index (χ1n) is 9.14. The molecule has 2 fully saturated rings. The zero-order chi connectivity index (χ0) is 17.2. The van der Waals surface area contributed by atoms with Gasteiger partial charge < -0.3 is 14.2 Å². The van der Waals surface area contributed by atoms with E-state index in [-0.39, 0.29) is 11.5 Å². The molecule has 5 nitrogen and oxygen atoms in total. The fraction of sp³-hybridized carbons (Fsp3) is 0.737. The van der Waals surface area contributed by atoms with Crippen LogP contribution in [-0.4, -0.2) is 59.7 Å². The maximum atomic E-state index is 12.0. The van der Waals surface area contributed by atoms with Crippen LogP contribution in [0.3, 0.4) is 0 Å². The number of piperidine rings is 1. The second-order valence-electron chi connectivity index (χ2n) is 7.77. The summed E-state index contributed by atoms with van der Waals surface area (Å²) in [6, 6.07) is 4.31. The Labute approximate surface area is 145 Å². The SMILES string of the molecule is CN(C)C(=O)CC1CCOC2(CCN(Cc3cccn3C)CC2)C1. The zero-order valence-electron chi connectivity index (χ0n) is 15.3. The van der Waals surface area contributed by atoms with Gasteiger partial charge in [-0.15, -0.1) is 0 Å². The number of likely N-dealkylation sites (tertiary alicyclic amines) is 1. The molecular formula is C19H31N3O2. The van der Waals surface area contributed by atoms with Crippen molar-refractivity contribution >= 4 is 5.91 Å². The van der Waals surface area contributed by atoms with Crippen LogP contribution in [0.1, 0.15) is 37.8 Å². The minimum absolute atomic E-state index is 0.0141.